The lowest BCUT2D eigenvalue weighted by atomic mass is 9.95. The summed E-state index contributed by atoms with van der Waals surface area (Å²) in [4.78, 5) is 16.4. The van der Waals surface area contributed by atoms with Gasteiger partial charge in [0.1, 0.15) is 11.5 Å². The molecule has 6 nitrogen and oxygen atoms in total. The maximum atomic E-state index is 12.0. The number of carbonyl (C=O) groups excluding carboxylic acids is 1. The minimum atomic E-state index is -0.509. The number of hydrogen-bond acceptors (Lipinski definition) is 6. The number of carbonyl (C=O) groups is 1. The van der Waals surface area contributed by atoms with Crippen LogP contribution in [0.1, 0.15) is 70.5 Å². The normalized spacial score (nSPS) is 23.8. The van der Waals surface area contributed by atoms with Gasteiger partial charge in [-0.1, -0.05) is 18.5 Å². The molecule has 2 unspecified atom stereocenters. The van der Waals surface area contributed by atoms with Gasteiger partial charge in [-0.15, -0.1) is 0 Å². The third-order valence-corrected chi connectivity index (χ3v) is 3.83. The monoisotopic (exact) mass is 296 g/mol. The fourth-order valence-corrected chi connectivity index (χ4v) is 2.58. The SMILES string of the molecule is CCCC(C(=O)OCC)c1nc(C2(C)CCCCO2)no1. The first kappa shape index (κ1) is 15.9. The molecule has 0 spiro atoms. The van der Waals surface area contributed by atoms with Gasteiger partial charge >= 0.3 is 5.97 Å². The van der Waals surface area contributed by atoms with Crippen molar-refractivity contribution in [3.63, 3.8) is 0 Å². The summed E-state index contributed by atoms with van der Waals surface area (Å²) in [7, 11) is 0. The van der Waals surface area contributed by atoms with E-state index in [4.69, 9.17) is 14.0 Å². The number of nitrogens with zero attached hydrogens (tertiary/aromatic N) is 2. The Morgan fingerprint density at radius 2 is 2.24 bits per heavy atom. The average molecular weight is 296 g/mol. The summed E-state index contributed by atoms with van der Waals surface area (Å²) in [6.07, 6.45) is 4.48. The summed E-state index contributed by atoms with van der Waals surface area (Å²) in [5.74, 6) is 0.0796. The minimum absolute atomic E-state index is 0.302. The predicted molar refractivity (Wildman–Crippen MR) is 75.7 cm³/mol. The van der Waals surface area contributed by atoms with Crippen LogP contribution in [-0.4, -0.2) is 29.3 Å². The largest absolute Gasteiger partial charge is 0.465 e. The van der Waals surface area contributed by atoms with E-state index in [0.717, 1.165) is 25.7 Å². The van der Waals surface area contributed by atoms with Gasteiger partial charge in [-0.2, -0.15) is 4.98 Å². The maximum absolute atomic E-state index is 12.0. The van der Waals surface area contributed by atoms with Crippen LogP contribution in [0.4, 0.5) is 0 Å². The third-order valence-electron chi connectivity index (χ3n) is 3.83. The molecule has 2 atom stereocenters. The van der Waals surface area contributed by atoms with Crippen molar-refractivity contribution >= 4 is 5.97 Å². The Balaban J connectivity index is 2.17. The first-order valence-corrected chi connectivity index (χ1v) is 7.75. The van der Waals surface area contributed by atoms with Crippen molar-refractivity contribution in [1.82, 2.24) is 10.1 Å². The Bertz CT molecular complexity index is 466. The zero-order chi connectivity index (χ0) is 15.3. The molecule has 2 heterocycles. The van der Waals surface area contributed by atoms with Gasteiger partial charge in [0.2, 0.25) is 11.7 Å². The van der Waals surface area contributed by atoms with E-state index in [9.17, 15) is 4.79 Å². The van der Waals surface area contributed by atoms with E-state index < -0.39 is 11.5 Å². The van der Waals surface area contributed by atoms with E-state index in [2.05, 4.69) is 10.1 Å². The van der Waals surface area contributed by atoms with Crippen LogP contribution in [0, 0.1) is 0 Å². The van der Waals surface area contributed by atoms with E-state index in [0.29, 0.717) is 31.3 Å². The molecule has 0 aliphatic carbocycles. The van der Waals surface area contributed by atoms with Gasteiger partial charge in [0.05, 0.1) is 6.61 Å². The molecular weight excluding hydrogens is 272 g/mol. The third kappa shape index (κ3) is 3.61. The Labute approximate surface area is 125 Å². The van der Waals surface area contributed by atoms with Gasteiger partial charge in [-0.05, 0) is 39.5 Å². The molecule has 118 valence electrons. The maximum Gasteiger partial charge on any atom is 0.318 e. The average Bonchev–Trinajstić information content (AvgIpc) is 2.96. The topological polar surface area (TPSA) is 74.5 Å². The Kier molecular flexibility index (Phi) is 5.33. The Hall–Kier alpha value is -1.43. The van der Waals surface area contributed by atoms with Crippen LogP contribution in [0.2, 0.25) is 0 Å². The Morgan fingerprint density at radius 1 is 1.43 bits per heavy atom. The summed E-state index contributed by atoms with van der Waals surface area (Å²) in [5.41, 5.74) is -0.509. The van der Waals surface area contributed by atoms with Crippen LogP contribution in [0.15, 0.2) is 4.52 Å². The molecule has 2 rings (SSSR count). The van der Waals surface area contributed by atoms with E-state index in [1.54, 1.807) is 6.92 Å². The number of ether oxygens (including phenoxy) is 2. The van der Waals surface area contributed by atoms with Crippen LogP contribution in [0.3, 0.4) is 0 Å². The molecule has 0 bridgehead atoms. The van der Waals surface area contributed by atoms with E-state index in [1.165, 1.54) is 0 Å². The molecule has 1 fully saturated rings. The van der Waals surface area contributed by atoms with Gasteiger partial charge in [0.25, 0.3) is 0 Å². The Morgan fingerprint density at radius 3 is 2.86 bits per heavy atom. The van der Waals surface area contributed by atoms with Crippen molar-refractivity contribution in [1.29, 1.82) is 0 Å². The highest BCUT2D eigenvalue weighted by atomic mass is 16.5. The van der Waals surface area contributed by atoms with Crippen LogP contribution < -0.4 is 0 Å². The zero-order valence-corrected chi connectivity index (χ0v) is 13.1. The van der Waals surface area contributed by atoms with Crippen molar-refractivity contribution in [3.05, 3.63) is 11.7 Å². The van der Waals surface area contributed by atoms with Crippen LogP contribution in [-0.2, 0) is 19.9 Å². The van der Waals surface area contributed by atoms with Gasteiger partial charge in [0, 0.05) is 6.61 Å². The quantitative estimate of drug-likeness (QED) is 0.751. The molecule has 0 aromatic carbocycles. The molecule has 6 heteroatoms. The fraction of sp³-hybridized carbons (Fsp3) is 0.800. The molecule has 1 aliphatic rings. The lowest BCUT2D eigenvalue weighted by Crippen LogP contribution is -2.31. The standard InChI is InChI=1S/C15H24N2O4/c1-4-8-11(13(18)19-5-2)12-16-14(17-21-12)15(3)9-6-7-10-20-15/h11H,4-10H2,1-3H3. The molecule has 1 aromatic heterocycles. The lowest BCUT2D eigenvalue weighted by molar-refractivity contribution is -0.145. The highest BCUT2D eigenvalue weighted by Crippen LogP contribution is 2.34. The summed E-state index contributed by atoms with van der Waals surface area (Å²) in [6.45, 7) is 6.82. The number of rotatable bonds is 6. The summed E-state index contributed by atoms with van der Waals surface area (Å²) < 4.78 is 16.2. The molecule has 0 radical (unpaired) electrons. The van der Waals surface area contributed by atoms with Crippen LogP contribution in [0.25, 0.3) is 0 Å². The molecule has 0 amide bonds. The molecule has 0 saturated carbocycles. The number of esters is 1. The van der Waals surface area contributed by atoms with Gasteiger partial charge in [0.15, 0.2) is 0 Å². The van der Waals surface area contributed by atoms with Gasteiger partial charge in [-0.25, -0.2) is 0 Å². The second-order valence-corrected chi connectivity index (χ2v) is 5.59. The van der Waals surface area contributed by atoms with E-state index in [1.807, 2.05) is 13.8 Å². The van der Waals surface area contributed by atoms with Crippen LogP contribution in [0.5, 0.6) is 0 Å². The van der Waals surface area contributed by atoms with Crippen molar-refractivity contribution < 1.29 is 18.8 Å². The van der Waals surface area contributed by atoms with E-state index >= 15 is 0 Å². The van der Waals surface area contributed by atoms with E-state index in [-0.39, 0.29) is 5.97 Å². The minimum Gasteiger partial charge on any atom is -0.465 e. The summed E-state index contributed by atoms with van der Waals surface area (Å²) in [5, 5.41) is 4.04. The lowest BCUT2D eigenvalue weighted by Gasteiger charge is -2.30. The number of hydrogen-bond donors (Lipinski definition) is 0. The molecule has 1 saturated heterocycles. The summed E-state index contributed by atoms with van der Waals surface area (Å²) in [6, 6.07) is 0. The van der Waals surface area contributed by atoms with Gasteiger partial charge < -0.3 is 14.0 Å². The van der Waals surface area contributed by atoms with Crippen molar-refractivity contribution in [2.75, 3.05) is 13.2 Å². The van der Waals surface area contributed by atoms with Crippen molar-refractivity contribution in [2.45, 2.75) is 64.4 Å². The smallest absolute Gasteiger partial charge is 0.318 e. The van der Waals surface area contributed by atoms with Gasteiger partial charge in [-0.3, -0.25) is 4.79 Å². The highest BCUT2D eigenvalue weighted by molar-refractivity contribution is 5.76. The molecular formula is C15H24N2O4. The first-order chi connectivity index (χ1) is 10.1. The zero-order valence-electron chi connectivity index (χ0n) is 13.1. The summed E-state index contributed by atoms with van der Waals surface area (Å²) >= 11 is 0. The number of aromatic nitrogens is 2. The first-order valence-electron chi connectivity index (χ1n) is 7.75. The second-order valence-electron chi connectivity index (χ2n) is 5.59. The van der Waals surface area contributed by atoms with Crippen molar-refractivity contribution in [2.24, 2.45) is 0 Å². The highest BCUT2D eigenvalue weighted by Gasteiger charge is 2.37. The molecule has 1 aromatic rings. The predicted octanol–water partition coefficient (Wildman–Crippen LogP) is 2.93. The molecule has 21 heavy (non-hydrogen) atoms. The van der Waals surface area contributed by atoms with Crippen LogP contribution >= 0.6 is 0 Å². The molecule has 1 aliphatic heterocycles. The molecule has 0 N–H and O–H groups in total. The second kappa shape index (κ2) is 7.02. The van der Waals surface area contributed by atoms with Crippen molar-refractivity contribution in [3.8, 4) is 0 Å². The fourth-order valence-electron chi connectivity index (χ4n) is 2.58.